The minimum atomic E-state index is -1.19. The van der Waals surface area contributed by atoms with Crippen LogP contribution in [0.5, 0.6) is 0 Å². The summed E-state index contributed by atoms with van der Waals surface area (Å²) in [7, 11) is 21.7. The van der Waals surface area contributed by atoms with Crippen LogP contribution >= 0.6 is 0 Å². The number of carbonyl (C=O) groups excluding carboxylic acids is 1. The molecule has 0 heterocycles. The molecule has 0 aromatic carbocycles. The molecule has 0 amide bonds. The summed E-state index contributed by atoms with van der Waals surface area (Å²) in [5, 5.41) is 9.49. The maximum atomic E-state index is 9.49. The first-order chi connectivity index (χ1) is 10.5. The molecule has 0 spiro atoms. The van der Waals surface area contributed by atoms with Crippen LogP contribution in [-0.2, 0) is 4.79 Å². The number of hydrogen-bond donors (Lipinski definition) is 0. The van der Waals surface area contributed by atoms with Crippen molar-refractivity contribution < 1.29 is 31.3 Å². The summed E-state index contributed by atoms with van der Waals surface area (Å²) in [5.41, 5.74) is 0.0648. The lowest BCUT2D eigenvalue weighted by Gasteiger charge is -2.25. The molecular weight excluding hydrogens is 340 g/mol. The molecule has 0 fully saturated rings. The number of nitrogens with zero attached hydrogens (tertiary/aromatic N) is 4. The van der Waals surface area contributed by atoms with Crippen molar-refractivity contribution in [3.63, 3.8) is 0 Å². The van der Waals surface area contributed by atoms with Gasteiger partial charge in [0.05, 0.1) is 61.3 Å². The van der Waals surface area contributed by atoms with Crippen molar-refractivity contribution >= 4 is 5.97 Å². The second-order valence-corrected chi connectivity index (χ2v) is 8.70. The number of quaternary nitrogens is 2. The molecule has 0 saturated carbocycles. The van der Waals surface area contributed by atoms with Gasteiger partial charge in [-0.15, -0.1) is 0 Å². The molecule has 0 aliphatic carbocycles. The topological polar surface area (TPSA) is 46.6 Å². The second-order valence-electron chi connectivity index (χ2n) is 8.70. The van der Waals surface area contributed by atoms with Crippen molar-refractivity contribution in [3.8, 4) is 0 Å². The van der Waals surface area contributed by atoms with Crippen LogP contribution in [0.4, 0.5) is 0 Å². The lowest BCUT2D eigenvalue weighted by Crippen LogP contribution is -3.00. The van der Waals surface area contributed by atoms with Gasteiger partial charge >= 0.3 is 0 Å². The Bertz CT molecular complexity index is 312. The van der Waals surface area contributed by atoms with E-state index in [0.717, 1.165) is 8.97 Å². The van der Waals surface area contributed by atoms with Gasteiger partial charge in [0.25, 0.3) is 0 Å². The van der Waals surface area contributed by atoms with Gasteiger partial charge in [0.2, 0.25) is 0 Å². The molecule has 0 radical (unpaired) electrons. The first kappa shape index (κ1) is 32.0. The molecule has 7 heteroatoms. The fourth-order valence-corrected chi connectivity index (χ4v) is 1.000. The second kappa shape index (κ2) is 15.6. The molecule has 0 aromatic heterocycles. The Hall–Kier alpha value is -0.660. The number of likely N-dealkylation sites (N-methyl/N-ethyl adjacent to an activating group) is 4. The normalized spacial score (nSPS) is 10.9. The van der Waals surface area contributed by atoms with E-state index in [4.69, 9.17) is 0 Å². The average molecular weight is 383 g/mol. The van der Waals surface area contributed by atoms with Crippen LogP contribution in [0.1, 0.15) is 6.92 Å². The molecule has 154 valence electrons. The first-order valence-corrected chi connectivity index (χ1v) is 8.25. The van der Waals surface area contributed by atoms with Crippen molar-refractivity contribution in [3.05, 3.63) is 12.2 Å². The minimum Gasteiger partial charge on any atom is -1.00 e. The van der Waals surface area contributed by atoms with Crippen LogP contribution in [-0.4, -0.2) is 121 Å². The van der Waals surface area contributed by atoms with Crippen molar-refractivity contribution in [2.45, 2.75) is 6.92 Å². The lowest BCUT2D eigenvalue weighted by molar-refractivity contribution is -0.869. The van der Waals surface area contributed by atoms with Gasteiger partial charge in [-0.3, -0.25) is 0 Å². The van der Waals surface area contributed by atoms with Crippen LogP contribution in [0.15, 0.2) is 12.2 Å². The predicted octanol–water partition coefficient (Wildman–Crippen LogP) is -3.18. The zero-order valence-electron chi connectivity index (χ0n) is 18.5. The van der Waals surface area contributed by atoms with Gasteiger partial charge in [-0.05, 0) is 40.7 Å². The van der Waals surface area contributed by atoms with Gasteiger partial charge in [0.1, 0.15) is 0 Å². The number of aliphatic carboxylic acids is 1. The summed E-state index contributed by atoms with van der Waals surface area (Å²) >= 11 is 0. The SMILES string of the molecule is C=C(C)C(=O)[O-].CN(C)CC[N+](C)(C)C.CN(C)CC[N+](C)(C)C.[Cl-]. The van der Waals surface area contributed by atoms with E-state index in [2.05, 4.69) is 86.9 Å². The Kier molecular flexibility index (Phi) is 20.0. The standard InChI is InChI=1S/2C7H19N2.C4H6O2.ClH/c2*1-8(2)6-7-9(3,4)5;1-3(2)4(5)6;/h2*6-7H2,1-5H3;1H2,2H3,(H,5,6);1H/q2*+1;;/p-2. The monoisotopic (exact) mass is 382 g/mol. The summed E-state index contributed by atoms with van der Waals surface area (Å²) in [5.74, 6) is -1.19. The number of halogens is 1. The smallest absolute Gasteiger partial charge is 0.0909 e. The summed E-state index contributed by atoms with van der Waals surface area (Å²) in [6, 6.07) is 0. The maximum absolute atomic E-state index is 9.49. The highest BCUT2D eigenvalue weighted by molar-refractivity contribution is 5.82. The van der Waals surface area contributed by atoms with Crippen LogP contribution in [0, 0.1) is 0 Å². The van der Waals surface area contributed by atoms with E-state index < -0.39 is 5.97 Å². The third kappa shape index (κ3) is 45.2. The van der Waals surface area contributed by atoms with E-state index in [9.17, 15) is 9.90 Å². The summed E-state index contributed by atoms with van der Waals surface area (Å²) in [6.07, 6.45) is 0. The maximum Gasteiger partial charge on any atom is 0.0909 e. The fraction of sp³-hybridized carbons (Fsp3) is 0.833. The summed E-state index contributed by atoms with van der Waals surface area (Å²) in [6.45, 7) is 9.25. The Balaban J connectivity index is -0.000000133. The molecule has 0 bridgehead atoms. The molecule has 0 rings (SSSR count). The van der Waals surface area contributed by atoms with Gasteiger partial charge in [-0.1, -0.05) is 6.58 Å². The fourth-order valence-electron chi connectivity index (χ4n) is 1.000. The zero-order chi connectivity index (χ0) is 20.1. The average Bonchev–Trinajstić information content (AvgIpc) is 2.34. The van der Waals surface area contributed by atoms with Crippen LogP contribution < -0.4 is 17.5 Å². The zero-order valence-corrected chi connectivity index (χ0v) is 19.3. The highest BCUT2D eigenvalue weighted by Gasteiger charge is 2.06. The van der Waals surface area contributed by atoms with Crippen molar-refractivity contribution in [2.24, 2.45) is 0 Å². The molecular formula is C18H43ClN4O2. The highest BCUT2D eigenvalue weighted by Crippen LogP contribution is 1.89. The number of carboxylic acids is 1. The molecule has 0 unspecified atom stereocenters. The predicted molar refractivity (Wildman–Crippen MR) is 103 cm³/mol. The highest BCUT2D eigenvalue weighted by atomic mass is 35.5. The summed E-state index contributed by atoms with van der Waals surface area (Å²) in [4.78, 5) is 13.9. The van der Waals surface area contributed by atoms with Gasteiger partial charge in [0.15, 0.2) is 0 Å². The van der Waals surface area contributed by atoms with Crippen molar-refractivity contribution in [1.82, 2.24) is 9.80 Å². The number of hydrogen-bond acceptors (Lipinski definition) is 4. The van der Waals surface area contributed by atoms with Gasteiger partial charge in [-0.2, -0.15) is 0 Å². The molecule has 0 atom stereocenters. The van der Waals surface area contributed by atoms with E-state index in [1.165, 1.54) is 33.1 Å². The van der Waals surface area contributed by atoms with Crippen LogP contribution in [0.2, 0.25) is 0 Å². The van der Waals surface area contributed by atoms with E-state index in [1.54, 1.807) is 0 Å². The molecule has 0 aliphatic heterocycles. The molecule has 0 aromatic rings. The quantitative estimate of drug-likeness (QED) is 0.344. The van der Waals surface area contributed by atoms with Gasteiger partial charge in [-0.25, -0.2) is 0 Å². The number of carbonyl (C=O) groups is 1. The van der Waals surface area contributed by atoms with E-state index >= 15 is 0 Å². The van der Waals surface area contributed by atoms with Gasteiger partial charge < -0.3 is 41.1 Å². The Morgan fingerprint density at radius 1 is 0.840 bits per heavy atom. The minimum absolute atomic E-state index is 0. The first-order valence-electron chi connectivity index (χ1n) is 8.25. The summed E-state index contributed by atoms with van der Waals surface area (Å²) < 4.78 is 2.11. The Morgan fingerprint density at radius 3 is 1.08 bits per heavy atom. The largest absolute Gasteiger partial charge is 1.00 e. The third-order valence-corrected chi connectivity index (χ3v) is 2.78. The Morgan fingerprint density at radius 2 is 1.04 bits per heavy atom. The van der Waals surface area contributed by atoms with Crippen LogP contribution in [0.3, 0.4) is 0 Å². The van der Waals surface area contributed by atoms with E-state index in [0.29, 0.717) is 0 Å². The molecule has 0 N–H and O–H groups in total. The van der Waals surface area contributed by atoms with E-state index in [1.807, 2.05) is 0 Å². The van der Waals surface area contributed by atoms with E-state index in [-0.39, 0.29) is 18.0 Å². The van der Waals surface area contributed by atoms with Crippen molar-refractivity contribution in [1.29, 1.82) is 0 Å². The number of rotatable bonds is 7. The molecule has 25 heavy (non-hydrogen) atoms. The van der Waals surface area contributed by atoms with Crippen molar-refractivity contribution in [2.75, 3.05) is 96.7 Å². The molecule has 6 nitrogen and oxygen atoms in total. The molecule has 0 saturated heterocycles. The van der Waals surface area contributed by atoms with Crippen LogP contribution in [0.25, 0.3) is 0 Å². The lowest BCUT2D eigenvalue weighted by atomic mass is 10.4. The van der Waals surface area contributed by atoms with Gasteiger partial charge in [0, 0.05) is 13.1 Å². The third-order valence-electron chi connectivity index (χ3n) is 2.78. The Labute approximate surface area is 163 Å². The molecule has 0 aliphatic rings. The number of carboxylic acid groups (broad SMARTS) is 1.